The van der Waals surface area contributed by atoms with Crippen LogP contribution in [0.25, 0.3) is 0 Å². The molecule has 0 aliphatic carbocycles. The van der Waals surface area contributed by atoms with Gasteiger partial charge in [0.2, 0.25) is 0 Å². The number of aromatic hydroxyl groups is 1. The van der Waals surface area contributed by atoms with E-state index in [0.29, 0.717) is 24.5 Å². The fourth-order valence-electron chi connectivity index (χ4n) is 2.11. The Labute approximate surface area is 136 Å². The summed E-state index contributed by atoms with van der Waals surface area (Å²) < 4.78 is 5.42. The van der Waals surface area contributed by atoms with Crippen LogP contribution in [0, 0.1) is 0 Å². The number of rotatable bonds is 7. The van der Waals surface area contributed by atoms with Gasteiger partial charge in [-0.15, -0.1) is 0 Å². The third-order valence-electron chi connectivity index (χ3n) is 3.39. The molecule has 0 heterocycles. The minimum Gasteiger partial charge on any atom is -0.507 e. The highest BCUT2D eigenvalue weighted by molar-refractivity contribution is 5.86. The van der Waals surface area contributed by atoms with Crippen molar-refractivity contribution >= 4 is 17.6 Å². The van der Waals surface area contributed by atoms with E-state index < -0.39 is 0 Å². The summed E-state index contributed by atoms with van der Waals surface area (Å²) >= 11 is 0. The molecule has 23 heavy (non-hydrogen) atoms. The van der Waals surface area contributed by atoms with Crippen LogP contribution in [0.2, 0.25) is 0 Å². The minimum atomic E-state index is 0.117. The Bertz CT molecular complexity index is 654. The maximum absolute atomic E-state index is 9.88. The van der Waals surface area contributed by atoms with Crippen molar-refractivity contribution < 1.29 is 14.9 Å². The van der Waals surface area contributed by atoms with Gasteiger partial charge in [0.1, 0.15) is 11.5 Å². The van der Waals surface area contributed by atoms with Gasteiger partial charge in [-0.3, -0.25) is 4.99 Å². The lowest BCUT2D eigenvalue weighted by Gasteiger charge is -2.17. The van der Waals surface area contributed by atoms with Gasteiger partial charge in [-0.05, 0) is 49.4 Å². The van der Waals surface area contributed by atoms with E-state index in [0.717, 1.165) is 11.4 Å². The summed E-state index contributed by atoms with van der Waals surface area (Å²) in [5.41, 5.74) is 2.41. The summed E-state index contributed by atoms with van der Waals surface area (Å²) in [6.45, 7) is 3.19. The van der Waals surface area contributed by atoms with Gasteiger partial charge in [-0.2, -0.15) is 0 Å². The van der Waals surface area contributed by atoms with Crippen LogP contribution in [0.5, 0.6) is 11.5 Å². The van der Waals surface area contributed by atoms with Gasteiger partial charge in [0.05, 0.1) is 18.9 Å². The molecule has 2 aromatic rings. The van der Waals surface area contributed by atoms with Crippen LogP contribution < -0.4 is 9.64 Å². The third-order valence-corrected chi connectivity index (χ3v) is 3.39. The zero-order chi connectivity index (χ0) is 16.7. The molecule has 2 aromatic carbocycles. The first kappa shape index (κ1) is 16.8. The molecule has 0 unspecified atom stereocenters. The molecule has 0 saturated heterocycles. The van der Waals surface area contributed by atoms with Crippen molar-refractivity contribution in [2.24, 2.45) is 4.99 Å². The second kappa shape index (κ2) is 8.19. The van der Waals surface area contributed by atoms with E-state index in [1.807, 2.05) is 43.1 Å². The first-order valence-corrected chi connectivity index (χ1v) is 7.56. The molecule has 0 fully saturated rings. The Morgan fingerprint density at radius 1 is 1.17 bits per heavy atom. The number of hydrogen-bond donors (Lipinski definition) is 2. The number of benzene rings is 2. The van der Waals surface area contributed by atoms with Crippen molar-refractivity contribution in [1.82, 2.24) is 0 Å². The number of phenols is 1. The normalized spacial score (nSPS) is 10.9. The Morgan fingerprint density at radius 3 is 2.57 bits per heavy atom. The number of nitrogens with zero attached hydrogens (tertiary/aromatic N) is 2. The zero-order valence-electron chi connectivity index (χ0n) is 13.4. The molecule has 0 aliphatic heterocycles. The predicted molar refractivity (Wildman–Crippen MR) is 93.3 cm³/mol. The summed E-state index contributed by atoms with van der Waals surface area (Å²) in [5, 5.41) is 18.8. The molecule has 0 spiro atoms. The molecule has 0 aromatic heterocycles. The van der Waals surface area contributed by atoms with Crippen LogP contribution in [0.4, 0.5) is 11.4 Å². The minimum absolute atomic E-state index is 0.117. The van der Waals surface area contributed by atoms with Gasteiger partial charge in [0, 0.05) is 31.1 Å². The number of phenolic OH excluding ortho intramolecular Hbond substituents is 1. The lowest BCUT2D eigenvalue weighted by atomic mass is 10.2. The third kappa shape index (κ3) is 4.72. The highest BCUT2D eigenvalue weighted by Crippen LogP contribution is 2.23. The summed E-state index contributed by atoms with van der Waals surface area (Å²) in [5.74, 6) is 0.865. The molecule has 0 amide bonds. The van der Waals surface area contributed by atoms with Crippen molar-refractivity contribution in [2.75, 3.05) is 31.7 Å². The van der Waals surface area contributed by atoms with Gasteiger partial charge in [0.15, 0.2) is 0 Å². The lowest BCUT2D eigenvalue weighted by molar-refractivity contribution is 0.304. The van der Waals surface area contributed by atoms with Crippen LogP contribution in [-0.4, -0.2) is 43.2 Å². The Hall–Kier alpha value is -2.53. The molecule has 2 N–H and O–H groups in total. The highest BCUT2D eigenvalue weighted by Gasteiger charge is 2.02. The Morgan fingerprint density at radius 2 is 1.91 bits per heavy atom. The van der Waals surface area contributed by atoms with Crippen molar-refractivity contribution in [3.8, 4) is 11.5 Å². The molecule has 5 nitrogen and oxygen atoms in total. The fraction of sp³-hybridized carbons (Fsp3) is 0.278. The van der Waals surface area contributed by atoms with Crippen LogP contribution >= 0.6 is 0 Å². The monoisotopic (exact) mass is 314 g/mol. The van der Waals surface area contributed by atoms with Crippen LogP contribution in [-0.2, 0) is 0 Å². The average Bonchev–Trinajstić information content (AvgIpc) is 2.56. The number of anilines is 1. The van der Waals surface area contributed by atoms with E-state index in [1.165, 1.54) is 0 Å². The number of aliphatic hydroxyl groups is 1. The molecule has 0 saturated carbocycles. The first-order valence-electron chi connectivity index (χ1n) is 7.56. The zero-order valence-corrected chi connectivity index (χ0v) is 13.4. The number of hydrogen-bond acceptors (Lipinski definition) is 5. The summed E-state index contributed by atoms with van der Waals surface area (Å²) in [7, 11) is 1.92. The van der Waals surface area contributed by atoms with E-state index in [4.69, 9.17) is 9.84 Å². The van der Waals surface area contributed by atoms with E-state index in [-0.39, 0.29) is 12.4 Å². The second-order valence-corrected chi connectivity index (χ2v) is 5.07. The largest absolute Gasteiger partial charge is 0.507 e. The predicted octanol–water partition coefficient (Wildman–Crippen LogP) is 2.97. The fourth-order valence-corrected chi connectivity index (χ4v) is 2.11. The van der Waals surface area contributed by atoms with Gasteiger partial charge in [0.25, 0.3) is 0 Å². The van der Waals surface area contributed by atoms with E-state index in [9.17, 15) is 5.11 Å². The second-order valence-electron chi connectivity index (χ2n) is 5.07. The first-order chi connectivity index (χ1) is 11.1. The van der Waals surface area contributed by atoms with Crippen molar-refractivity contribution in [3.63, 3.8) is 0 Å². The van der Waals surface area contributed by atoms with Gasteiger partial charge in [-0.25, -0.2) is 0 Å². The number of aliphatic hydroxyl groups excluding tert-OH is 1. The van der Waals surface area contributed by atoms with Crippen LogP contribution in [0.15, 0.2) is 47.5 Å². The van der Waals surface area contributed by atoms with Crippen LogP contribution in [0.1, 0.15) is 12.5 Å². The smallest absolute Gasteiger partial charge is 0.124 e. The van der Waals surface area contributed by atoms with E-state index in [2.05, 4.69) is 4.99 Å². The molecule has 0 bridgehead atoms. The Balaban J connectivity index is 2.12. The molecule has 5 heteroatoms. The Kier molecular flexibility index (Phi) is 6.00. The molecule has 2 rings (SSSR count). The molecular formula is C18H22N2O3. The topological polar surface area (TPSA) is 65.3 Å². The summed E-state index contributed by atoms with van der Waals surface area (Å²) in [6, 6.07) is 12.7. The molecule has 122 valence electrons. The quantitative estimate of drug-likeness (QED) is 0.771. The maximum atomic E-state index is 9.88. The molecular weight excluding hydrogens is 292 g/mol. The van der Waals surface area contributed by atoms with Crippen molar-refractivity contribution in [3.05, 3.63) is 48.0 Å². The summed E-state index contributed by atoms with van der Waals surface area (Å²) in [4.78, 5) is 6.34. The highest BCUT2D eigenvalue weighted by atomic mass is 16.5. The van der Waals surface area contributed by atoms with Gasteiger partial charge < -0.3 is 19.8 Å². The average molecular weight is 314 g/mol. The van der Waals surface area contributed by atoms with E-state index in [1.54, 1.807) is 24.4 Å². The number of aliphatic imine (C=N–C) groups is 1. The lowest BCUT2D eigenvalue weighted by Crippen LogP contribution is -2.20. The van der Waals surface area contributed by atoms with Crippen LogP contribution in [0.3, 0.4) is 0 Å². The van der Waals surface area contributed by atoms with Crippen molar-refractivity contribution in [2.45, 2.75) is 6.92 Å². The standard InChI is InChI=1S/C18H22N2O3/c1-3-23-17-8-9-18(22)14(12-17)13-19-15-4-6-16(7-5-15)20(2)10-11-21/h4-9,12-13,21-22H,3,10-11H2,1-2H3. The SMILES string of the molecule is CCOc1ccc(O)c(C=Nc2ccc(N(C)CCO)cc2)c1. The maximum Gasteiger partial charge on any atom is 0.124 e. The van der Waals surface area contributed by atoms with Gasteiger partial charge >= 0.3 is 0 Å². The number of likely N-dealkylation sites (N-methyl/N-ethyl adjacent to an activating group) is 1. The number of ether oxygens (including phenoxy) is 1. The van der Waals surface area contributed by atoms with E-state index >= 15 is 0 Å². The van der Waals surface area contributed by atoms with Gasteiger partial charge in [-0.1, -0.05) is 0 Å². The molecule has 0 aliphatic rings. The molecule has 0 radical (unpaired) electrons. The van der Waals surface area contributed by atoms with Crippen molar-refractivity contribution in [1.29, 1.82) is 0 Å². The summed E-state index contributed by atoms with van der Waals surface area (Å²) in [6.07, 6.45) is 1.62. The molecule has 0 atom stereocenters.